The third-order valence-electron chi connectivity index (χ3n) is 3.04. The van der Waals surface area contributed by atoms with E-state index in [1.54, 1.807) is 18.4 Å². The van der Waals surface area contributed by atoms with Gasteiger partial charge in [-0.05, 0) is 47.3 Å². The molecule has 0 saturated heterocycles. The Labute approximate surface area is 118 Å². The van der Waals surface area contributed by atoms with Crippen LogP contribution in [0.2, 0.25) is 0 Å². The van der Waals surface area contributed by atoms with E-state index in [4.69, 9.17) is 4.74 Å². The zero-order valence-corrected chi connectivity index (χ0v) is 12.2. The summed E-state index contributed by atoms with van der Waals surface area (Å²) in [5.41, 5.74) is 2.64. The molecule has 2 aromatic rings. The van der Waals surface area contributed by atoms with E-state index in [1.807, 2.05) is 12.3 Å². The predicted molar refractivity (Wildman–Crippen MR) is 80.0 cm³/mol. The highest BCUT2D eigenvalue weighted by Crippen LogP contribution is 2.13. The Morgan fingerprint density at radius 3 is 2.68 bits per heavy atom. The molecule has 102 valence electrons. The molecular weight excluding hydrogens is 256 g/mol. The first-order valence-electron chi connectivity index (χ1n) is 6.55. The lowest BCUT2D eigenvalue weighted by Crippen LogP contribution is -2.32. The average Bonchev–Trinajstić information content (AvgIpc) is 2.93. The van der Waals surface area contributed by atoms with Crippen LogP contribution in [-0.4, -0.2) is 24.7 Å². The van der Waals surface area contributed by atoms with E-state index in [0.29, 0.717) is 11.9 Å². The van der Waals surface area contributed by atoms with Crippen LogP contribution in [0.1, 0.15) is 18.1 Å². The number of thiophene rings is 1. The Balaban J connectivity index is 1.98. The third-order valence-corrected chi connectivity index (χ3v) is 3.78. The lowest BCUT2D eigenvalue weighted by Gasteiger charge is -2.17. The average molecular weight is 276 g/mol. The highest BCUT2D eigenvalue weighted by Gasteiger charge is 2.10. The molecule has 3 nitrogen and oxygen atoms in total. The van der Waals surface area contributed by atoms with Gasteiger partial charge in [0.2, 0.25) is 5.88 Å². The fraction of sp³-hybridized carbons (Fsp3) is 0.400. The molecule has 0 saturated carbocycles. The minimum atomic E-state index is 0.454. The van der Waals surface area contributed by atoms with Crippen LogP contribution in [0, 0.1) is 0 Å². The number of aromatic nitrogens is 1. The maximum atomic E-state index is 5.08. The van der Waals surface area contributed by atoms with E-state index in [1.165, 1.54) is 11.1 Å². The number of pyridine rings is 1. The van der Waals surface area contributed by atoms with Gasteiger partial charge in [0.25, 0.3) is 0 Å². The highest BCUT2D eigenvalue weighted by molar-refractivity contribution is 7.07. The van der Waals surface area contributed by atoms with Crippen LogP contribution in [0.25, 0.3) is 0 Å². The van der Waals surface area contributed by atoms with Gasteiger partial charge in [-0.3, -0.25) is 0 Å². The maximum Gasteiger partial charge on any atom is 0.212 e. The molecule has 4 heteroatoms. The second kappa shape index (κ2) is 7.26. The van der Waals surface area contributed by atoms with Gasteiger partial charge in [-0.15, -0.1) is 0 Å². The van der Waals surface area contributed by atoms with Crippen LogP contribution in [0.5, 0.6) is 5.88 Å². The number of likely N-dealkylation sites (N-methyl/N-ethyl adjacent to an activating group) is 1. The first-order chi connectivity index (χ1) is 9.31. The van der Waals surface area contributed by atoms with E-state index in [-0.39, 0.29) is 0 Å². The summed E-state index contributed by atoms with van der Waals surface area (Å²) in [6.45, 7) is 3.13. The van der Waals surface area contributed by atoms with Gasteiger partial charge >= 0.3 is 0 Å². The zero-order valence-electron chi connectivity index (χ0n) is 11.4. The fourth-order valence-electron chi connectivity index (χ4n) is 2.14. The van der Waals surface area contributed by atoms with Crippen molar-refractivity contribution in [1.82, 2.24) is 10.3 Å². The molecule has 0 aliphatic rings. The monoisotopic (exact) mass is 276 g/mol. The summed E-state index contributed by atoms with van der Waals surface area (Å²) in [7, 11) is 1.64. The molecule has 19 heavy (non-hydrogen) atoms. The summed E-state index contributed by atoms with van der Waals surface area (Å²) in [5.74, 6) is 0.668. The third kappa shape index (κ3) is 4.33. The molecule has 2 rings (SSSR count). The molecular formula is C15H20N2OS. The Bertz CT molecular complexity index is 467. The Kier molecular flexibility index (Phi) is 5.36. The van der Waals surface area contributed by atoms with Gasteiger partial charge < -0.3 is 10.1 Å². The second-order valence-electron chi connectivity index (χ2n) is 4.50. The van der Waals surface area contributed by atoms with Crippen molar-refractivity contribution in [1.29, 1.82) is 0 Å². The van der Waals surface area contributed by atoms with Gasteiger partial charge in [0.15, 0.2) is 0 Å². The van der Waals surface area contributed by atoms with E-state index in [9.17, 15) is 0 Å². The van der Waals surface area contributed by atoms with Gasteiger partial charge in [0, 0.05) is 18.3 Å². The highest BCUT2D eigenvalue weighted by atomic mass is 32.1. The van der Waals surface area contributed by atoms with Gasteiger partial charge in [-0.1, -0.05) is 13.0 Å². The van der Waals surface area contributed by atoms with E-state index < -0.39 is 0 Å². The molecule has 2 aromatic heterocycles. The number of hydrogen-bond donors (Lipinski definition) is 1. The van der Waals surface area contributed by atoms with Crippen molar-refractivity contribution in [3.8, 4) is 5.88 Å². The molecule has 0 spiro atoms. The normalized spacial score (nSPS) is 12.3. The number of methoxy groups -OCH3 is 1. The molecule has 0 bridgehead atoms. The Hall–Kier alpha value is -1.39. The van der Waals surface area contributed by atoms with Crippen LogP contribution in [0.15, 0.2) is 35.2 Å². The van der Waals surface area contributed by atoms with E-state index in [0.717, 1.165) is 19.4 Å². The van der Waals surface area contributed by atoms with Crippen molar-refractivity contribution in [3.63, 3.8) is 0 Å². The first kappa shape index (κ1) is 14.0. The summed E-state index contributed by atoms with van der Waals surface area (Å²) < 4.78 is 5.08. The lowest BCUT2D eigenvalue weighted by atomic mass is 10.0. The molecule has 1 N–H and O–H groups in total. The number of ether oxygens (including phenoxy) is 1. The number of nitrogens with zero attached hydrogens (tertiary/aromatic N) is 1. The molecule has 0 aromatic carbocycles. The molecule has 1 unspecified atom stereocenters. The minimum Gasteiger partial charge on any atom is -0.481 e. The quantitative estimate of drug-likeness (QED) is 0.844. The molecule has 0 aliphatic carbocycles. The van der Waals surface area contributed by atoms with Crippen LogP contribution < -0.4 is 10.1 Å². The van der Waals surface area contributed by atoms with Crippen molar-refractivity contribution >= 4 is 11.3 Å². The molecule has 0 fully saturated rings. The van der Waals surface area contributed by atoms with Crippen molar-refractivity contribution in [2.24, 2.45) is 0 Å². The summed E-state index contributed by atoms with van der Waals surface area (Å²) in [6.07, 6.45) is 3.95. The summed E-state index contributed by atoms with van der Waals surface area (Å²) in [4.78, 5) is 4.26. The van der Waals surface area contributed by atoms with Crippen molar-refractivity contribution < 1.29 is 4.74 Å². The lowest BCUT2D eigenvalue weighted by molar-refractivity contribution is 0.397. The molecule has 0 amide bonds. The van der Waals surface area contributed by atoms with Gasteiger partial charge in [0.1, 0.15) is 0 Å². The molecule has 2 heterocycles. The van der Waals surface area contributed by atoms with Gasteiger partial charge in [-0.2, -0.15) is 11.3 Å². The topological polar surface area (TPSA) is 34.1 Å². The second-order valence-corrected chi connectivity index (χ2v) is 5.28. The smallest absolute Gasteiger partial charge is 0.212 e. The maximum absolute atomic E-state index is 5.08. The Morgan fingerprint density at radius 1 is 1.26 bits per heavy atom. The van der Waals surface area contributed by atoms with Crippen molar-refractivity contribution in [2.75, 3.05) is 13.7 Å². The van der Waals surface area contributed by atoms with Crippen LogP contribution in [0.3, 0.4) is 0 Å². The number of nitrogens with one attached hydrogen (secondary N) is 1. The largest absolute Gasteiger partial charge is 0.481 e. The molecule has 0 aliphatic heterocycles. The van der Waals surface area contributed by atoms with Gasteiger partial charge in [-0.25, -0.2) is 4.98 Å². The van der Waals surface area contributed by atoms with Crippen LogP contribution in [0.4, 0.5) is 0 Å². The molecule has 1 atom stereocenters. The Morgan fingerprint density at radius 2 is 2.11 bits per heavy atom. The van der Waals surface area contributed by atoms with Crippen LogP contribution >= 0.6 is 11.3 Å². The first-order valence-corrected chi connectivity index (χ1v) is 7.49. The fourth-order valence-corrected chi connectivity index (χ4v) is 2.82. The van der Waals surface area contributed by atoms with Crippen molar-refractivity contribution in [3.05, 3.63) is 46.3 Å². The standard InChI is InChI=1S/C15H20N2OS/c1-3-16-14(9-13-6-7-19-11-13)8-12-4-5-15(18-2)17-10-12/h4-7,10-11,14,16H,3,8-9H2,1-2H3. The summed E-state index contributed by atoms with van der Waals surface area (Å²) in [6, 6.07) is 6.66. The summed E-state index contributed by atoms with van der Waals surface area (Å²) >= 11 is 1.75. The SMILES string of the molecule is CCNC(Cc1ccc(OC)nc1)Cc1ccsc1. The summed E-state index contributed by atoms with van der Waals surface area (Å²) in [5, 5.41) is 7.89. The van der Waals surface area contributed by atoms with E-state index >= 15 is 0 Å². The number of hydrogen-bond acceptors (Lipinski definition) is 4. The number of rotatable bonds is 7. The predicted octanol–water partition coefficient (Wildman–Crippen LogP) is 2.92. The van der Waals surface area contributed by atoms with Crippen LogP contribution in [-0.2, 0) is 12.8 Å². The van der Waals surface area contributed by atoms with Crippen molar-refractivity contribution in [2.45, 2.75) is 25.8 Å². The zero-order chi connectivity index (χ0) is 13.5. The molecule has 0 radical (unpaired) electrons. The van der Waals surface area contributed by atoms with Gasteiger partial charge in [0.05, 0.1) is 7.11 Å². The van der Waals surface area contributed by atoms with E-state index in [2.05, 4.69) is 40.1 Å². The minimum absolute atomic E-state index is 0.454.